The first-order valence-electron chi connectivity index (χ1n) is 6.97. The lowest BCUT2D eigenvalue weighted by Gasteiger charge is -2.19. The van der Waals surface area contributed by atoms with Crippen molar-refractivity contribution < 1.29 is 9.18 Å². The molecular weight excluding hydrogens is 265 g/mol. The maximum Gasteiger partial charge on any atom is 0.256 e. The molecule has 0 fully saturated rings. The zero-order chi connectivity index (χ0) is 15.6. The lowest BCUT2D eigenvalue weighted by Crippen LogP contribution is -2.27. The second kappa shape index (κ2) is 6.08. The van der Waals surface area contributed by atoms with Crippen LogP contribution in [0.1, 0.15) is 32.6 Å². The van der Waals surface area contributed by atoms with E-state index in [9.17, 15) is 9.18 Å². The summed E-state index contributed by atoms with van der Waals surface area (Å²) in [5, 5.41) is 0. The molecule has 0 aromatic heterocycles. The van der Waals surface area contributed by atoms with Crippen LogP contribution in [0.2, 0.25) is 0 Å². The van der Waals surface area contributed by atoms with Gasteiger partial charge in [-0.2, -0.15) is 0 Å². The molecule has 0 N–H and O–H groups in total. The normalized spacial score (nSPS) is 10.5. The van der Waals surface area contributed by atoms with Crippen molar-refractivity contribution in [1.29, 1.82) is 0 Å². The topological polar surface area (TPSA) is 20.3 Å². The van der Waals surface area contributed by atoms with E-state index >= 15 is 0 Å². The monoisotopic (exact) mass is 285 g/mol. The summed E-state index contributed by atoms with van der Waals surface area (Å²) in [6.45, 7) is 6.19. The number of carbonyl (C=O) groups excluding carboxylic acids is 1. The fraction of sp³-hybridized carbons (Fsp3) is 0.278. The molecule has 1 amide bonds. The van der Waals surface area contributed by atoms with Gasteiger partial charge in [-0.15, -0.1) is 0 Å². The van der Waals surface area contributed by atoms with E-state index in [1.165, 1.54) is 11.6 Å². The van der Waals surface area contributed by atoms with Crippen LogP contribution in [0.3, 0.4) is 0 Å². The molecule has 0 radical (unpaired) electrons. The van der Waals surface area contributed by atoms with Gasteiger partial charge < -0.3 is 4.90 Å². The minimum Gasteiger partial charge on any atom is -0.337 e. The quantitative estimate of drug-likeness (QED) is 0.834. The Morgan fingerprint density at radius 2 is 1.81 bits per heavy atom. The second-order valence-corrected chi connectivity index (χ2v) is 5.53. The lowest BCUT2D eigenvalue weighted by atomic mass is 10.0. The van der Waals surface area contributed by atoms with Crippen molar-refractivity contribution in [2.75, 3.05) is 7.05 Å². The van der Waals surface area contributed by atoms with E-state index in [0.717, 1.165) is 11.1 Å². The number of benzene rings is 2. The molecule has 0 aliphatic rings. The van der Waals surface area contributed by atoms with Crippen molar-refractivity contribution in [3.63, 3.8) is 0 Å². The summed E-state index contributed by atoms with van der Waals surface area (Å²) >= 11 is 0. The van der Waals surface area contributed by atoms with Crippen LogP contribution < -0.4 is 0 Å². The molecule has 0 bridgehead atoms. The SMILES string of the molecule is Cc1ccc(CN(C)C(=O)c2cccc(C)c2F)c(C)c1. The van der Waals surface area contributed by atoms with E-state index in [4.69, 9.17) is 0 Å². The van der Waals surface area contributed by atoms with Gasteiger partial charge in [-0.25, -0.2) is 4.39 Å². The van der Waals surface area contributed by atoms with E-state index in [1.807, 2.05) is 26.0 Å². The number of aryl methyl sites for hydroxylation is 3. The maximum absolute atomic E-state index is 14.0. The summed E-state index contributed by atoms with van der Waals surface area (Å²) in [6.07, 6.45) is 0. The van der Waals surface area contributed by atoms with Gasteiger partial charge in [0.1, 0.15) is 5.82 Å². The number of hydrogen-bond donors (Lipinski definition) is 0. The standard InChI is InChI=1S/C18H20FNO/c1-12-8-9-15(14(3)10-12)11-20(4)18(21)16-7-5-6-13(2)17(16)19/h5-10H,11H2,1-4H3. The van der Waals surface area contributed by atoms with Crippen LogP contribution in [-0.2, 0) is 6.54 Å². The van der Waals surface area contributed by atoms with Gasteiger partial charge in [0.05, 0.1) is 5.56 Å². The van der Waals surface area contributed by atoms with Crippen molar-refractivity contribution in [3.8, 4) is 0 Å². The van der Waals surface area contributed by atoms with E-state index in [2.05, 4.69) is 6.07 Å². The van der Waals surface area contributed by atoms with E-state index in [1.54, 1.807) is 31.0 Å². The summed E-state index contributed by atoms with van der Waals surface area (Å²) in [7, 11) is 1.70. The molecule has 0 aliphatic heterocycles. The Bertz CT molecular complexity index is 679. The Balaban J connectivity index is 2.21. The number of amides is 1. The number of hydrogen-bond acceptors (Lipinski definition) is 1. The molecule has 2 aromatic carbocycles. The predicted octanol–water partition coefficient (Wildman–Crippen LogP) is 4.02. The summed E-state index contributed by atoms with van der Waals surface area (Å²) in [5.74, 6) is -0.730. The largest absolute Gasteiger partial charge is 0.337 e. The van der Waals surface area contributed by atoms with E-state index in [-0.39, 0.29) is 11.5 Å². The van der Waals surface area contributed by atoms with Gasteiger partial charge in [-0.3, -0.25) is 4.79 Å². The van der Waals surface area contributed by atoms with Gasteiger partial charge in [0, 0.05) is 13.6 Å². The third-order valence-electron chi connectivity index (χ3n) is 3.67. The molecular formula is C18H20FNO. The smallest absolute Gasteiger partial charge is 0.256 e. The zero-order valence-corrected chi connectivity index (χ0v) is 12.9. The van der Waals surface area contributed by atoms with Crippen LogP contribution in [0.15, 0.2) is 36.4 Å². The zero-order valence-electron chi connectivity index (χ0n) is 12.9. The lowest BCUT2D eigenvalue weighted by molar-refractivity contribution is 0.0780. The maximum atomic E-state index is 14.0. The van der Waals surface area contributed by atoms with Gasteiger partial charge >= 0.3 is 0 Å². The first-order chi connectivity index (χ1) is 9.90. The minimum atomic E-state index is -0.435. The highest BCUT2D eigenvalue weighted by molar-refractivity contribution is 5.94. The summed E-state index contributed by atoms with van der Waals surface area (Å²) in [5.41, 5.74) is 4.02. The fourth-order valence-electron chi connectivity index (χ4n) is 2.37. The molecule has 2 aromatic rings. The number of halogens is 1. The van der Waals surface area contributed by atoms with E-state index in [0.29, 0.717) is 12.1 Å². The predicted molar refractivity (Wildman–Crippen MR) is 82.9 cm³/mol. The summed E-state index contributed by atoms with van der Waals surface area (Å²) < 4.78 is 14.0. The Morgan fingerprint density at radius 3 is 2.48 bits per heavy atom. The number of carbonyl (C=O) groups is 1. The Hall–Kier alpha value is -2.16. The second-order valence-electron chi connectivity index (χ2n) is 5.53. The molecule has 2 rings (SSSR count). The fourth-order valence-corrected chi connectivity index (χ4v) is 2.37. The average molecular weight is 285 g/mol. The number of rotatable bonds is 3. The molecule has 0 heterocycles. The molecule has 0 spiro atoms. The molecule has 2 nitrogen and oxygen atoms in total. The van der Waals surface area contributed by atoms with Crippen LogP contribution in [0.5, 0.6) is 0 Å². The van der Waals surface area contributed by atoms with Crippen molar-refractivity contribution >= 4 is 5.91 Å². The minimum absolute atomic E-state index is 0.127. The van der Waals surface area contributed by atoms with Crippen molar-refractivity contribution in [1.82, 2.24) is 4.90 Å². The molecule has 0 saturated heterocycles. The molecule has 0 atom stereocenters. The van der Waals surface area contributed by atoms with E-state index < -0.39 is 5.82 Å². The molecule has 110 valence electrons. The first-order valence-corrected chi connectivity index (χ1v) is 6.97. The van der Waals surface area contributed by atoms with Crippen LogP contribution in [-0.4, -0.2) is 17.9 Å². The van der Waals surface area contributed by atoms with Gasteiger partial charge in [-0.1, -0.05) is 35.9 Å². The molecule has 0 unspecified atom stereocenters. The number of nitrogens with zero attached hydrogens (tertiary/aromatic N) is 1. The van der Waals surface area contributed by atoms with Crippen LogP contribution in [0.4, 0.5) is 4.39 Å². The summed E-state index contributed by atoms with van der Waals surface area (Å²) in [6, 6.07) is 11.0. The summed E-state index contributed by atoms with van der Waals surface area (Å²) in [4.78, 5) is 13.9. The van der Waals surface area contributed by atoms with Crippen molar-refractivity contribution in [2.24, 2.45) is 0 Å². The first kappa shape index (κ1) is 15.2. The Morgan fingerprint density at radius 1 is 1.10 bits per heavy atom. The van der Waals surface area contributed by atoms with Gasteiger partial charge in [0.2, 0.25) is 0 Å². The molecule has 3 heteroatoms. The van der Waals surface area contributed by atoms with Crippen LogP contribution >= 0.6 is 0 Å². The highest BCUT2D eigenvalue weighted by Gasteiger charge is 2.17. The Kier molecular flexibility index (Phi) is 4.41. The highest BCUT2D eigenvalue weighted by Crippen LogP contribution is 2.17. The average Bonchev–Trinajstić information content (AvgIpc) is 2.44. The highest BCUT2D eigenvalue weighted by atomic mass is 19.1. The van der Waals surface area contributed by atoms with Gasteiger partial charge in [0.25, 0.3) is 5.91 Å². The van der Waals surface area contributed by atoms with Gasteiger partial charge in [-0.05, 0) is 43.5 Å². The van der Waals surface area contributed by atoms with Crippen molar-refractivity contribution in [2.45, 2.75) is 27.3 Å². The molecule has 21 heavy (non-hydrogen) atoms. The third kappa shape index (κ3) is 3.30. The van der Waals surface area contributed by atoms with Crippen LogP contribution in [0.25, 0.3) is 0 Å². The Labute approximate surface area is 125 Å². The van der Waals surface area contributed by atoms with Crippen LogP contribution in [0, 0.1) is 26.6 Å². The molecule has 0 aliphatic carbocycles. The van der Waals surface area contributed by atoms with Crippen molar-refractivity contribution in [3.05, 3.63) is 70.0 Å². The third-order valence-corrected chi connectivity index (χ3v) is 3.67. The van der Waals surface area contributed by atoms with Gasteiger partial charge in [0.15, 0.2) is 0 Å². The molecule has 0 saturated carbocycles.